The SMILES string of the molecule is CCCCCCCCCCOc1ccc(C(=O)Nc2cc(C(=O)NCCSC)ccc2CCC)cc1. The molecule has 2 aromatic rings. The van der Waals surface area contributed by atoms with Crippen LogP contribution in [0, 0.1) is 0 Å². The molecule has 6 heteroatoms. The van der Waals surface area contributed by atoms with E-state index in [-0.39, 0.29) is 11.8 Å². The molecule has 0 saturated carbocycles. The number of nitrogens with one attached hydrogen (secondary N) is 2. The first kappa shape index (κ1) is 29.8. The minimum atomic E-state index is -0.193. The second-order valence-electron chi connectivity index (χ2n) is 9.17. The number of thioether (sulfide) groups is 1. The molecule has 0 heterocycles. The van der Waals surface area contributed by atoms with E-state index in [1.165, 1.54) is 44.9 Å². The van der Waals surface area contributed by atoms with Crippen LogP contribution in [0.1, 0.15) is 97.9 Å². The number of carbonyl (C=O) groups excluding carboxylic acids is 2. The van der Waals surface area contributed by atoms with E-state index < -0.39 is 0 Å². The Hall–Kier alpha value is -2.47. The number of rotatable bonds is 18. The molecule has 0 atom stereocenters. The Morgan fingerprint density at radius 2 is 1.47 bits per heavy atom. The minimum Gasteiger partial charge on any atom is -0.494 e. The molecule has 36 heavy (non-hydrogen) atoms. The van der Waals surface area contributed by atoms with Gasteiger partial charge in [0.1, 0.15) is 5.75 Å². The van der Waals surface area contributed by atoms with Crippen LogP contribution in [0.3, 0.4) is 0 Å². The van der Waals surface area contributed by atoms with Crippen molar-refractivity contribution in [2.45, 2.75) is 78.1 Å². The van der Waals surface area contributed by atoms with Gasteiger partial charge >= 0.3 is 0 Å². The van der Waals surface area contributed by atoms with Gasteiger partial charge in [0, 0.05) is 29.1 Å². The summed E-state index contributed by atoms with van der Waals surface area (Å²) in [5.74, 6) is 1.33. The molecule has 2 aromatic carbocycles. The molecular weight excluding hydrogens is 468 g/mol. The third-order valence-electron chi connectivity index (χ3n) is 6.11. The first-order chi connectivity index (χ1) is 17.6. The fourth-order valence-corrected chi connectivity index (χ4v) is 4.32. The molecule has 198 valence electrons. The molecule has 0 saturated heterocycles. The maximum absolute atomic E-state index is 12.9. The lowest BCUT2D eigenvalue weighted by atomic mass is 10.0. The van der Waals surface area contributed by atoms with Gasteiger partial charge in [0.2, 0.25) is 0 Å². The molecule has 0 aliphatic carbocycles. The third kappa shape index (κ3) is 11.1. The summed E-state index contributed by atoms with van der Waals surface area (Å²) in [6, 6.07) is 12.8. The van der Waals surface area contributed by atoms with Crippen LogP contribution >= 0.6 is 11.8 Å². The molecule has 0 radical (unpaired) electrons. The summed E-state index contributed by atoms with van der Waals surface area (Å²) >= 11 is 1.69. The van der Waals surface area contributed by atoms with Crippen LogP contribution in [-0.2, 0) is 6.42 Å². The van der Waals surface area contributed by atoms with Crippen LogP contribution < -0.4 is 15.4 Å². The molecule has 2 rings (SSSR count). The van der Waals surface area contributed by atoms with Crippen molar-refractivity contribution < 1.29 is 14.3 Å². The van der Waals surface area contributed by atoms with E-state index in [4.69, 9.17) is 4.74 Å². The zero-order valence-corrected chi connectivity index (χ0v) is 23.2. The maximum atomic E-state index is 12.9. The van der Waals surface area contributed by atoms with Crippen LogP contribution in [0.25, 0.3) is 0 Å². The molecule has 0 aliphatic heterocycles. The lowest BCUT2D eigenvalue weighted by Crippen LogP contribution is -2.26. The Bertz CT molecular complexity index is 915. The largest absolute Gasteiger partial charge is 0.494 e. The monoisotopic (exact) mass is 512 g/mol. The molecule has 0 fully saturated rings. The van der Waals surface area contributed by atoms with Gasteiger partial charge in [-0.25, -0.2) is 0 Å². The highest BCUT2D eigenvalue weighted by molar-refractivity contribution is 7.98. The fraction of sp³-hybridized carbons (Fsp3) is 0.533. The van der Waals surface area contributed by atoms with Crippen molar-refractivity contribution >= 4 is 29.3 Å². The van der Waals surface area contributed by atoms with E-state index in [0.29, 0.717) is 30.0 Å². The summed E-state index contributed by atoms with van der Waals surface area (Å²) in [5.41, 5.74) is 2.83. The molecule has 0 unspecified atom stereocenters. The summed E-state index contributed by atoms with van der Waals surface area (Å²) in [7, 11) is 0. The summed E-state index contributed by atoms with van der Waals surface area (Å²) < 4.78 is 5.86. The van der Waals surface area contributed by atoms with Crippen molar-refractivity contribution in [1.29, 1.82) is 0 Å². The van der Waals surface area contributed by atoms with Gasteiger partial charge < -0.3 is 15.4 Å². The van der Waals surface area contributed by atoms with E-state index in [2.05, 4.69) is 24.5 Å². The quantitative estimate of drug-likeness (QED) is 0.203. The van der Waals surface area contributed by atoms with E-state index in [9.17, 15) is 9.59 Å². The normalized spacial score (nSPS) is 10.8. The Morgan fingerprint density at radius 1 is 0.806 bits per heavy atom. The molecule has 5 nitrogen and oxygen atoms in total. The molecule has 2 amide bonds. The number of hydrogen-bond donors (Lipinski definition) is 2. The van der Waals surface area contributed by atoms with Gasteiger partial charge in [0.25, 0.3) is 11.8 Å². The average Bonchev–Trinajstić information content (AvgIpc) is 2.89. The number of hydrogen-bond acceptors (Lipinski definition) is 4. The summed E-state index contributed by atoms with van der Waals surface area (Å²) in [6.07, 6.45) is 14.0. The third-order valence-corrected chi connectivity index (χ3v) is 6.73. The second-order valence-corrected chi connectivity index (χ2v) is 10.2. The summed E-state index contributed by atoms with van der Waals surface area (Å²) in [5, 5.41) is 5.94. The highest BCUT2D eigenvalue weighted by Crippen LogP contribution is 2.22. The van der Waals surface area contributed by atoms with Crippen LogP contribution in [0.5, 0.6) is 5.75 Å². The standard InChI is InChI=1S/C30H44N2O3S/c1-4-6-7-8-9-10-11-12-21-35-27-18-16-25(17-19-27)30(34)32-28-23-26(15-14-24(28)13-5-2)29(33)31-20-22-36-3/h14-19,23H,4-13,20-22H2,1-3H3,(H,31,33)(H,32,34). The zero-order valence-electron chi connectivity index (χ0n) is 22.4. The van der Waals surface area contributed by atoms with Gasteiger partial charge in [-0.1, -0.05) is 71.3 Å². The lowest BCUT2D eigenvalue weighted by molar-refractivity contribution is 0.0954. The number of ether oxygens (including phenoxy) is 1. The fourth-order valence-electron chi connectivity index (χ4n) is 4.01. The summed E-state index contributed by atoms with van der Waals surface area (Å²) in [6.45, 7) is 5.66. The van der Waals surface area contributed by atoms with Crippen molar-refractivity contribution in [3.63, 3.8) is 0 Å². The van der Waals surface area contributed by atoms with Gasteiger partial charge in [-0.3, -0.25) is 9.59 Å². The Labute approximate surface area is 222 Å². The Kier molecular flexibility index (Phi) is 14.8. The van der Waals surface area contributed by atoms with E-state index in [1.807, 2.05) is 30.5 Å². The first-order valence-corrected chi connectivity index (χ1v) is 14.9. The van der Waals surface area contributed by atoms with Crippen LogP contribution in [0.2, 0.25) is 0 Å². The van der Waals surface area contributed by atoms with Gasteiger partial charge in [-0.05, 0) is 61.1 Å². The topological polar surface area (TPSA) is 67.4 Å². The highest BCUT2D eigenvalue weighted by Gasteiger charge is 2.13. The van der Waals surface area contributed by atoms with Crippen molar-refractivity contribution in [3.8, 4) is 5.75 Å². The molecule has 0 spiro atoms. The van der Waals surface area contributed by atoms with Crippen LogP contribution in [0.15, 0.2) is 42.5 Å². The Balaban J connectivity index is 1.87. The molecule has 2 N–H and O–H groups in total. The van der Waals surface area contributed by atoms with E-state index in [0.717, 1.165) is 36.3 Å². The van der Waals surface area contributed by atoms with Gasteiger partial charge in [0.15, 0.2) is 0 Å². The molecule has 0 aliphatic rings. The number of amides is 2. The maximum Gasteiger partial charge on any atom is 0.255 e. The summed E-state index contributed by atoms with van der Waals surface area (Å²) in [4.78, 5) is 25.4. The van der Waals surface area contributed by atoms with E-state index in [1.54, 1.807) is 30.0 Å². The Morgan fingerprint density at radius 3 is 2.14 bits per heavy atom. The zero-order chi connectivity index (χ0) is 26.0. The smallest absolute Gasteiger partial charge is 0.255 e. The number of benzene rings is 2. The minimum absolute atomic E-state index is 0.124. The van der Waals surface area contributed by atoms with Crippen molar-refractivity contribution in [3.05, 3.63) is 59.2 Å². The first-order valence-electron chi connectivity index (χ1n) is 13.5. The van der Waals surface area contributed by atoms with Crippen molar-refractivity contribution in [2.75, 3.05) is 30.5 Å². The van der Waals surface area contributed by atoms with Crippen molar-refractivity contribution in [2.24, 2.45) is 0 Å². The van der Waals surface area contributed by atoms with Gasteiger partial charge in [-0.2, -0.15) is 11.8 Å². The van der Waals surface area contributed by atoms with Crippen molar-refractivity contribution in [1.82, 2.24) is 5.32 Å². The molecular formula is C30H44N2O3S. The van der Waals surface area contributed by atoms with Crippen LogP contribution in [-0.4, -0.2) is 37.0 Å². The van der Waals surface area contributed by atoms with Gasteiger partial charge in [0.05, 0.1) is 6.61 Å². The number of anilines is 1. The predicted octanol–water partition coefficient (Wildman–Crippen LogP) is 7.50. The van der Waals surface area contributed by atoms with Gasteiger partial charge in [-0.15, -0.1) is 0 Å². The van der Waals surface area contributed by atoms with Crippen LogP contribution in [0.4, 0.5) is 5.69 Å². The average molecular weight is 513 g/mol. The highest BCUT2D eigenvalue weighted by atomic mass is 32.2. The number of unbranched alkanes of at least 4 members (excludes halogenated alkanes) is 7. The second kappa shape index (κ2) is 17.9. The number of aryl methyl sites for hydroxylation is 1. The predicted molar refractivity (Wildman–Crippen MR) is 154 cm³/mol. The molecule has 0 bridgehead atoms. The molecule has 0 aromatic heterocycles. The lowest BCUT2D eigenvalue weighted by Gasteiger charge is -2.13. The number of carbonyl (C=O) groups is 2. The van der Waals surface area contributed by atoms with E-state index >= 15 is 0 Å².